The number of piperidine rings is 1. The lowest BCUT2D eigenvalue weighted by molar-refractivity contribution is -0.0450. The standard InChI is InChI=1S/C25H30N2O3/c1-2-12-27-13-11-25(19-9-6-10-21(28)14-19)16-20(15-23(29)22(25)17-27)26-24(30)18-7-4-3-5-8-18/h2-10,14,20,22-23,28-29H,1,11-13,15-17H2,(H,26,30). The summed E-state index contributed by atoms with van der Waals surface area (Å²) in [5, 5.41) is 24.5. The molecule has 2 aliphatic rings. The number of nitrogens with one attached hydrogen (secondary N) is 1. The number of rotatable bonds is 5. The van der Waals surface area contributed by atoms with Crippen molar-refractivity contribution in [1.82, 2.24) is 10.2 Å². The van der Waals surface area contributed by atoms with Crippen LogP contribution in [0.15, 0.2) is 67.3 Å². The SMILES string of the molecule is C=CCN1CCC2(c3cccc(O)c3)CC(NC(=O)c3ccccc3)CC(O)C2C1. The van der Waals surface area contributed by atoms with Gasteiger partial charge in [-0.2, -0.15) is 0 Å². The number of carbonyl (C=O) groups excluding carboxylic acids is 1. The van der Waals surface area contributed by atoms with Gasteiger partial charge in [-0.3, -0.25) is 9.69 Å². The molecule has 1 heterocycles. The van der Waals surface area contributed by atoms with Crippen molar-refractivity contribution in [3.63, 3.8) is 0 Å². The second kappa shape index (κ2) is 8.62. The third-order valence-corrected chi connectivity index (χ3v) is 6.82. The van der Waals surface area contributed by atoms with E-state index in [2.05, 4.69) is 16.8 Å². The highest BCUT2D eigenvalue weighted by atomic mass is 16.3. The van der Waals surface area contributed by atoms with Gasteiger partial charge in [0.15, 0.2) is 0 Å². The first-order valence-electron chi connectivity index (χ1n) is 10.7. The summed E-state index contributed by atoms with van der Waals surface area (Å²) in [5.74, 6) is 0.165. The summed E-state index contributed by atoms with van der Waals surface area (Å²) in [7, 11) is 0. The van der Waals surface area contributed by atoms with Crippen LogP contribution in [0.25, 0.3) is 0 Å². The van der Waals surface area contributed by atoms with Gasteiger partial charge in [0.2, 0.25) is 0 Å². The second-order valence-corrected chi connectivity index (χ2v) is 8.65. The number of likely N-dealkylation sites (tertiary alicyclic amines) is 1. The van der Waals surface area contributed by atoms with Gasteiger partial charge in [-0.1, -0.05) is 36.4 Å². The van der Waals surface area contributed by atoms with E-state index in [1.54, 1.807) is 18.2 Å². The lowest BCUT2D eigenvalue weighted by Gasteiger charge is -2.54. The van der Waals surface area contributed by atoms with Crippen LogP contribution in [-0.2, 0) is 5.41 Å². The second-order valence-electron chi connectivity index (χ2n) is 8.65. The topological polar surface area (TPSA) is 72.8 Å². The molecule has 30 heavy (non-hydrogen) atoms. The number of nitrogens with zero attached hydrogens (tertiary/aromatic N) is 1. The number of hydrogen-bond acceptors (Lipinski definition) is 4. The molecule has 1 amide bonds. The summed E-state index contributed by atoms with van der Waals surface area (Å²) >= 11 is 0. The molecule has 1 aliphatic carbocycles. The van der Waals surface area contributed by atoms with Gasteiger partial charge in [0.1, 0.15) is 5.75 Å². The number of aromatic hydroxyl groups is 1. The van der Waals surface area contributed by atoms with Crippen LogP contribution >= 0.6 is 0 Å². The number of hydrogen-bond donors (Lipinski definition) is 3. The number of carbonyl (C=O) groups is 1. The molecule has 4 atom stereocenters. The van der Waals surface area contributed by atoms with Crippen LogP contribution in [0.2, 0.25) is 0 Å². The van der Waals surface area contributed by atoms with Gasteiger partial charge < -0.3 is 15.5 Å². The molecule has 0 aromatic heterocycles. The van der Waals surface area contributed by atoms with Crippen LogP contribution in [0, 0.1) is 5.92 Å². The molecule has 2 aromatic carbocycles. The van der Waals surface area contributed by atoms with Crippen molar-refractivity contribution in [2.75, 3.05) is 19.6 Å². The minimum Gasteiger partial charge on any atom is -0.508 e. The highest BCUT2D eigenvalue weighted by Gasteiger charge is 2.52. The molecule has 1 saturated carbocycles. The van der Waals surface area contributed by atoms with Gasteiger partial charge in [0.05, 0.1) is 6.10 Å². The van der Waals surface area contributed by atoms with Crippen molar-refractivity contribution < 1.29 is 15.0 Å². The number of phenols is 1. The molecule has 0 spiro atoms. The van der Waals surface area contributed by atoms with Gasteiger partial charge in [0, 0.05) is 36.0 Å². The first-order valence-corrected chi connectivity index (χ1v) is 10.7. The van der Waals surface area contributed by atoms with Gasteiger partial charge in [-0.15, -0.1) is 6.58 Å². The molecule has 2 aromatic rings. The normalized spacial score (nSPS) is 29.0. The van der Waals surface area contributed by atoms with E-state index < -0.39 is 6.10 Å². The first-order chi connectivity index (χ1) is 14.5. The molecule has 5 nitrogen and oxygen atoms in total. The van der Waals surface area contributed by atoms with E-state index >= 15 is 0 Å². The molecule has 1 aliphatic heterocycles. The largest absolute Gasteiger partial charge is 0.508 e. The maximum atomic E-state index is 12.8. The number of amides is 1. The van der Waals surface area contributed by atoms with E-state index in [9.17, 15) is 15.0 Å². The van der Waals surface area contributed by atoms with Crippen LogP contribution in [0.3, 0.4) is 0 Å². The Bertz CT molecular complexity index is 900. The van der Waals surface area contributed by atoms with E-state index in [4.69, 9.17) is 0 Å². The molecule has 158 valence electrons. The average Bonchev–Trinajstić information content (AvgIpc) is 2.75. The Hall–Kier alpha value is -2.63. The average molecular weight is 407 g/mol. The molecule has 3 N–H and O–H groups in total. The van der Waals surface area contributed by atoms with Crippen LogP contribution in [-0.4, -0.2) is 52.8 Å². The maximum Gasteiger partial charge on any atom is 0.251 e. The Labute approximate surface area is 178 Å². The number of aliphatic hydroxyl groups excluding tert-OH is 1. The van der Waals surface area contributed by atoms with Gasteiger partial charge >= 0.3 is 0 Å². The Morgan fingerprint density at radius 1 is 1.23 bits per heavy atom. The van der Waals surface area contributed by atoms with Crippen molar-refractivity contribution >= 4 is 5.91 Å². The fraction of sp³-hybridized carbons (Fsp3) is 0.400. The number of benzene rings is 2. The zero-order chi connectivity index (χ0) is 21.1. The van der Waals surface area contributed by atoms with Crippen LogP contribution < -0.4 is 5.32 Å². The zero-order valence-electron chi connectivity index (χ0n) is 17.2. The van der Waals surface area contributed by atoms with Crippen molar-refractivity contribution in [3.05, 3.63) is 78.4 Å². The summed E-state index contributed by atoms with van der Waals surface area (Å²) in [5.41, 5.74) is 1.38. The quantitative estimate of drug-likeness (QED) is 0.667. The van der Waals surface area contributed by atoms with Crippen LogP contribution in [0.5, 0.6) is 5.75 Å². The number of aliphatic hydroxyl groups is 1. The van der Waals surface area contributed by atoms with Crippen molar-refractivity contribution in [2.45, 2.75) is 36.8 Å². The fourth-order valence-electron chi connectivity index (χ4n) is 5.42. The summed E-state index contributed by atoms with van der Waals surface area (Å²) in [4.78, 5) is 15.1. The predicted octanol–water partition coefficient (Wildman–Crippen LogP) is 3.09. The van der Waals surface area contributed by atoms with Gasteiger partial charge in [-0.25, -0.2) is 0 Å². The van der Waals surface area contributed by atoms with Gasteiger partial charge in [0.25, 0.3) is 5.91 Å². The lowest BCUT2D eigenvalue weighted by Crippen LogP contribution is -2.61. The number of phenolic OH excluding ortho intramolecular Hbond substituents is 1. The highest BCUT2D eigenvalue weighted by Crippen LogP contribution is 2.49. The van der Waals surface area contributed by atoms with Crippen molar-refractivity contribution in [3.8, 4) is 5.75 Å². The smallest absolute Gasteiger partial charge is 0.251 e. The lowest BCUT2D eigenvalue weighted by atomic mass is 9.57. The van der Waals surface area contributed by atoms with E-state index in [0.29, 0.717) is 12.0 Å². The Morgan fingerprint density at radius 3 is 2.77 bits per heavy atom. The molecular formula is C25H30N2O3. The minimum atomic E-state index is -0.533. The van der Waals surface area contributed by atoms with Gasteiger partial charge in [-0.05, 0) is 55.6 Å². The monoisotopic (exact) mass is 406 g/mol. The molecule has 4 unspecified atom stereocenters. The molecule has 1 saturated heterocycles. The predicted molar refractivity (Wildman–Crippen MR) is 117 cm³/mol. The maximum absolute atomic E-state index is 12.8. The molecule has 2 fully saturated rings. The fourth-order valence-corrected chi connectivity index (χ4v) is 5.42. The van der Waals surface area contributed by atoms with Crippen molar-refractivity contribution in [1.29, 1.82) is 0 Å². The Morgan fingerprint density at radius 2 is 2.03 bits per heavy atom. The first kappa shape index (κ1) is 20.6. The Kier molecular flexibility index (Phi) is 5.93. The summed E-state index contributed by atoms with van der Waals surface area (Å²) in [6, 6.07) is 16.5. The summed E-state index contributed by atoms with van der Waals surface area (Å²) in [6.45, 7) is 6.33. The molecular weight excluding hydrogens is 376 g/mol. The molecule has 0 bridgehead atoms. The van der Waals surface area contributed by atoms with Crippen molar-refractivity contribution in [2.24, 2.45) is 5.92 Å². The van der Waals surface area contributed by atoms with E-state index in [1.165, 1.54) is 0 Å². The molecule has 5 heteroatoms. The molecule has 4 rings (SSSR count). The summed E-state index contributed by atoms with van der Waals surface area (Å²) < 4.78 is 0. The van der Waals surface area contributed by atoms with E-state index in [0.717, 1.165) is 38.0 Å². The third kappa shape index (κ3) is 4.00. The minimum absolute atomic E-state index is 0.0397. The van der Waals surface area contributed by atoms with E-state index in [1.807, 2.05) is 42.5 Å². The summed E-state index contributed by atoms with van der Waals surface area (Å²) in [6.07, 6.45) is 3.52. The highest BCUT2D eigenvalue weighted by molar-refractivity contribution is 5.94. The molecule has 0 radical (unpaired) electrons. The third-order valence-electron chi connectivity index (χ3n) is 6.82. The van der Waals surface area contributed by atoms with Crippen LogP contribution in [0.1, 0.15) is 35.2 Å². The van der Waals surface area contributed by atoms with Crippen LogP contribution in [0.4, 0.5) is 0 Å². The zero-order valence-corrected chi connectivity index (χ0v) is 17.2. The van der Waals surface area contributed by atoms with E-state index in [-0.39, 0.29) is 29.0 Å². The Balaban J connectivity index is 1.63. The number of fused-ring (bicyclic) bond motifs is 1.